The highest BCUT2D eigenvalue weighted by Crippen LogP contribution is 2.55. The average molecular weight is 681 g/mol. The van der Waals surface area contributed by atoms with E-state index in [1.165, 1.54) is 19.2 Å². The van der Waals surface area contributed by atoms with Crippen molar-refractivity contribution in [3.63, 3.8) is 0 Å². The first-order valence-corrected chi connectivity index (χ1v) is 16.4. The van der Waals surface area contributed by atoms with Crippen LogP contribution in [0.25, 0.3) is 10.8 Å². The third-order valence-corrected chi connectivity index (χ3v) is 8.35. The van der Waals surface area contributed by atoms with Gasteiger partial charge in [0.15, 0.2) is 11.6 Å². The maximum Gasteiger partial charge on any atom is 0.475 e. The van der Waals surface area contributed by atoms with Crippen LogP contribution in [0.15, 0.2) is 54.7 Å². The number of anilines is 1. The van der Waals surface area contributed by atoms with E-state index in [9.17, 15) is 28.0 Å². The number of fused-ring (bicyclic) bond motifs is 1. The van der Waals surface area contributed by atoms with E-state index < -0.39 is 68.1 Å². The number of pyridine rings is 1. The minimum absolute atomic E-state index is 0.0799. The largest absolute Gasteiger partial charge is 0.475 e. The van der Waals surface area contributed by atoms with Crippen molar-refractivity contribution in [2.75, 3.05) is 25.6 Å². The van der Waals surface area contributed by atoms with Crippen molar-refractivity contribution in [1.29, 1.82) is 0 Å². The van der Waals surface area contributed by atoms with E-state index in [0.717, 1.165) is 21.7 Å². The highest BCUT2D eigenvalue weighted by atomic mass is 31.2. The van der Waals surface area contributed by atoms with Gasteiger partial charge < -0.3 is 20.1 Å². The van der Waals surface area contributed by atoms with Crippen LogP contribution in [0.4, 0.5) is 24.2 Å². The van der Waals surface area contributed by atoms with E-state index in [0.29, 0.717) is 0 Å². The number of amides is 3. The highest BCUT2D eigenvalue weighted by molar-refractivity contribution is 7.48. The second kappa shape index (κ2) is 15.9. The molecule has 0 saturated carbocycles. The normalized spacial score (nSPS) is 13.6. The lowest BCUT2D eigenvalue weighted by Gasteiger charge is -2.32. The van der Waals surface area contributed by atoms with Crippen molar-refractivity contribution in [3.8, 4) is 0 Å². The molecule has 1 heterocycles. The molecule has 0 bridgehead atoms. The monoisotopic (exact) mass is 680 g/mol. The van der Waals surface area contributed by atoms with Crippen molar-refractivity contribution in [2.45, 2.75) is 77.9 Å². The third kappa shape index (κ3) is 12.5. The Hall–Kier alpha value is -3.68. The number of phosphoric acid groups is 1. The summed E-state index contributed by atoms with van der Waals surface area (Å²) in [6.07, 6.45) is -0.842. The number of urea groups is 1. The van der Waals surface area contributed by atoms with Crippen LogP contribution in [0, 0.1) is 11.6 Å². The van der Waals surface area contributed by atoms with Gasteiger partial charge in [-0.1, -0.05) is 36.4 Å². The summed E-state index contributed by atoms with van der Waals surface area (Å²) in [7, 11) is -2.79. The van der Waals surface area contributed by atoms with E-state index in [1.807, 2.05) is 24.3 Å². The van der Waals surface area contributed by atoms with E-state index in [-0.39, 0.29) is 24.3 Å². The van der Waals surface area contributed by atoms with E-state index in [1.54, 1.807) is 53.8 Å². The number of carbonyl (C=O) groups excluding carboxylic acids is 2. The molecule has 2 atom stereocenters. The molecule has 3 rings (SSSR count). The molecule has 0 fully saturated rings. The first kappa shape index (κ1) is 37.8. The third-order valence-electron chi connectivity index (χ3n) is 6.34. The van der Waals surface area contributed by atoms with E-state index in [2.05, 4.69) is 15.6 Å². The van der Waals surface area contributed by atoms with Crippen LogP contribution in [-0.2, 0) is 29.4 Å². The number of carbonyl (C=O) groups is 2. The number of ether oxygens (including phenoxy) is 1. The smallest absolute Gasteiger partial charge is 0.447 e. The van der Waals surface area contributed by atoms with Gasteiger partial charge in [-0.2, -0.15) is 0 Å². The Morgan fingerprint density at radius 1 is 0.979 bits per heavy atom. The molecule has 0 radical (unpaired) electrons. The lowest BCUT2D eigenvalue weighted by atomic mass is 10.1. The predicted molar refractivity (Wildman–Crippen MR) is 173 cm³/mol. The van der Waals surface area contributed by atoms with Crippen LogP contribution in [-0.4, -0.2) is 70.7 Å². The maximum absolute atomic E-state index is 14.1. The quantitative estimate of drug-likeness (QED) is 0.166. The molecule has 2 aromatic carbocycles. The van der Waals surface area contributed by atoms with Crippen LogP contribution < -0.4 is 10.6 Å². The summed E-state index contributed by atoms with van der Waals surface area (Å²) in [5.41, 5.74) is -1.90. The number of hydrogen-bond acceptors (Lipinski definition) is 9. The fraction of sp³-hybridized carbons (Fsp3) is 0.469. The molecule has 3 aromatic rings. The molecule has 3 N–H and O–H groups in total. The number of halogens is 2. The Balaban J connectivity index is 1.71. The van der Waals surface area contributed by atoms with E-state index >= 15 is 0 Å². The summed E-state index contributed by atoms with van der Waals surface area (Å²) >= 11 is 0. The molecule has 258 valence electrons. The molecular weight excluding hydrogens is 637 g/mol. The van der Waals surface area contributed by atoms with Crippen molar-refractivity contribution in [3.05, 3.63) is 71.9 Å². The number of hydrogen-bond donors (Lipinski definition) is 3. The topological polar surface area (TPSA) is 149 Å². The first-order valence-electron chi connectivity index (χ1n) is 14.9. The molecule has 0 unspecified atom stereocenters. The molecule has 47 heavy (non-hydrogen) atoms. The minimum atomic E-state index is -4.17. The number of aliphatic hydroxyl groups excluding tert-OH is 1. The van der Waals surface area contributed by atoms with Crippen LogP contribution in [0.3, 0.4) is 0 Å². The summed E-state index contributed by atoms with van der Waals surface area (Å²) in [5, 5.41) is 17.6. The Morgan fingerprint density at radius 3 is 2.26 bits per heavy atom. The van der Waals surface area contributed by atoms with Gasteiger partial charge in [0.25, 0.3) is 0 Å². The molecular formula is C32H43F2N4O8P. The fourth-order valence-corrected chi connectivity index (χ4v) is 6.09. The molecule has 1 aromatic heterocycles. The van der Waals surface area contributed by atoms with Crippen LogP contribution >= 0.6 is 7.82 Å². The van der Waals surface area contributed by atoms with Gasteiger partial charge >= 0.3 is 19.9 Å². The Labute approximate surface area is 273 Å². The molecule has 0 spiro atoms. The molecule has 0 aliphatic rings. The van der Waals surface area contributed by atoms with Crippen molar-refractivity contribution in [1.82, 2.24) is 15.2 Å². The fourth-order valence-electron chi connectivity index (χ4n) is 4.25. The van der Waals surface area contributed by atoms with Crippen LogP contribution in [0.2, 0.25) is 0 Å². The van der Waals surface area contributed by atoms with Gasteiger partial charge in [-0.3, -0.25) is 18.9 Å². The molecule has 0 aliphatic carbocycles. The SMILES string of the molecule is CN(C(=O)NCc1cccc(F)c1F)[C@@H](COC(=O)Nc1cc2ccccc2cn1)C[C@@H](O)COP(=O)(OC(C)(C)C)OC(C)(C)C. The Bertz CT molecular complexity index is 1560. The van der Waals surface area contributed by atoms with Crippen LogP contribution in [0.5, 0.6) is 0 Å². The molecule has 0 saturated heterocycles. The molecule has 12 nitrogen and oxygen atoms in total. The van der Waals surface area contributed by atoms with Gasteiger partial charge in [-0.25, -0.2) is 27.9 Å². The van der Waals surface area contributed by atoms with Gasteiger partial charge in [0.1, 0.15) is 12.4 Å². The first-order chi connectivity index (χ1) is 21.8. The zero-order valence-electron chi connectivity index (χ0n) is 27.6. The molecule has 3 amide bonds. The lowest BCUT2D eigenvalue weighted by molar-refractivity contribution is -0.0155. The van der Waals surface area contributed by atoms with Gasteiger partial charge in [-0.05, 0) is 65.5 Å². The summed E-state index contributed by atoms with van der Waals surface area (Å²) in [5.74, 6) is -1.92. The van der Waals surface area contributed by atoms with E-state index in [4.69, 9.17) is 18.3 Å². The number of rotatable bonds is 13. The second-order valence-electron chi connectivity index (χ2n) is 12.8. The van der Waals surface area contributed by atoms with Crippen molar-refractivity contribution < 1.29 is 46.3 Å². The predicted octanol–water partition coefficient (Wildman–Crippen LogP) is 6.78. The summed E-state index contributed by atoms with van der Waals surface area (Å²) in [6.45, 7) is 8.75. The zero-order chi connectivity index (χ0) is 35.0. The van der Waals surface area contributed by atoms with Gasteiger partial charge in [-0.15, -0.1) is 0 Å². The minimum Gasteiger partial charge on any atom is -0.447 e. The van der Waals surface area contributed by atoms with Crippen molar-refractivity contribution in [2.24, 2.45) is 0 Å². The summed E-state index contributed by atoms with van der Waals surface area (Å²) in [6, 6.07) is 11.0. The number of likely N-dealkylation sites (N-methyl/N-ethyl adjacent to an activating group) is 1. The highest BCUT2D eigenvalue weighted by Gasteiger charge is 2.38. The number of phosphoric ester groups is 1. The Kier molecular flexibility index (Phi) is 12.8. The van der Waals surface area contributed by atoms with Gasteiger partial charge in [0, 0.05) is 30.7 Å². The number of aromatic nitrogens is 1. The maximum atomic E-state index is 14.1. The second-order valence-corrected chi connectivity index (χ2v) is 14.3. The lowest BCUT2D eigenvalue weighted by Crippen LogP contribution is -2.47. The number of nitrogens with one attached hydrogen (secondary N) is 2. The van der Waals surface area contributed by atoms with Gasteiger partial charge in [0.2, 0.25) is 0 Å². The van der Waals surface area contributed by atoms with Crippen molar-refractivity contribution >= 4 is 36.5 Å². The van der Waals surface area contributed by atoms with Crippen LogP contribution in [0.1, 0.15) is 53.5 Å². The zero-order valence-corrected chi connectivity index (χ0v) is 28.5. The molecule has 0 aliphatic heterocycles. The number of aliphatic hydroxyl groups is 1. The van der Waals surface area contributed by atoms with Gasteiger partial charge in [0.05, 0.1) is 30.0 Å². The summed E-state index contributed by atoms with van der Waals surface area (Å²) < 4.78 is 63.3. The average Bonchev–Trinajstić information content (AvgIpc) is 2.96. The number of nitrogens with zero attached hydrogens (tertiary/aromatic N) is 2. The molecule has 15 heteroatoms. The standard InChI is InChI=1S/C32H43F2N4O8P/c1-31(2,3)45-47(42,46-32(4,5)6)44-20-25(39)16-24(38(7)29(40)36-18-23-13-10-14-26(33)28(23)34)19-43-30(41)37-27-15-21-11-8-9-12-22(21)17-35-27/h8-15,17,24-25,39H,16,18-20H2,1-7H3,(H,36,40)(H,35,37,41)/t24-,25-/m1/s1. The Morgan fingerprint density at radius 2 is 1.62 bits per heavy atom. The summed E-state index contributed by atoms with van der Waals surface area (Å²) in [4.78, 5) is 31.1. The number of benzene rings is 2.